The van der Waals surface area contributed by atoms with Crippen LogP contribution in [0.4, 0.5) is 14.9 Å². The number of amides is 4. The SMILES string of the molecule is O=C1NC(=O)N(c2cccc(Cl)c2)C(=O)/C1=C/c1ccccc1OCc1ccccc1F. The molecule has 0 saturated carbocycles. The van der Waals surface area contributed by atoms with Gasteiger partial charge in [-0.1, -0.05) is 54.1 Å². The van der Waals surface area contributed by atoms with Gasteiger partial charge in [-0.25, -0.2) is 14.1 Å². The molecule has 32 heavy (non-hydrogen) atoms. The molecule has 6 nitrogen and oxygen atoms in total. The van der Waals surface area contributed by atoms with Gasteiger partial charge in [0.05, 0.1) is 5.69 Å². The number of para-hydroxylation sites is 1. The van der Waals surface area contributed by atoms with E-state index in [9.17, 15) is 18.8 Å². The molecule has 0 bridgehead atoms. The highest BCUT2D eigenvalue weighted by Gasteiger charge is 2.37. The van der Waals surface area contributed by atoms with Crippen LogP contribution in [-0.2, 0) is 16.2 Å². The van der Waals surface area contributed by atoms with Crippen LogP contribution in [0, 0.1) is 5.82 Å². The molecule has 4 rings (SSSR count). The molecule has 0 atom stereocenters. The summed E-state index contributed by atoms with van der Waals surface area (Å²) in [6.45, 7) is -0.0415. The number of carbonyl (C=O) groups excluding carboxylic acids is 3. The van der Waals surface area contributed by atoms with Crippen molar-refractivity contribution < 1.29 is 23.5 Å². The molecule has 4 amide bonds. The zero-order chi connectivity index (χ0) is 22.7. The third-order valence-corrected chi connectivity index (χ3v) is 4.96. The zero-order valence-electron chi connectivity index (χ0n) is 16.5. The van der Waals surface area contributed by atoms with E-state index in [-0.39, 0.29) is 17.9 Å². The average Bonchev–Trinajstić information content (AvgIpc) is 2.77. The number of benzene rings is 3. The van der Waals surface area contributed by atoms with Crippen LogP contribution in [0.25, 0.3) is 6.08 Å². The number of rotatable bonds is 5. The van der Waals surface area contributed by atoms with Crippen LogP contribution >= 0.6 is 11.6 Å². The monoisotopic (exact) mass is 450 g/mol. The standard InChI is InChI=1S/C24H16ClFN2O4/c25-17-8-5-9-18(13-17)28-23(30)19(22(29)27-24(28)31)12-15-6-2-4-11-21(15)32-14-16-7-1-3-10-20(16)26/h1-13H,14H2,(H,27,29,31)/b19-12+. The Hall–Kier alpha value is -3.97. The second-order valence-electron chi connectivity index (χ2n) is 6.86. The maximum absolute atomic E-state index is 13.9. The molecule has 0 unspecified atom stereocenters. The third-order valence-electron chi connectivity index (χ3n) is 4.73. The molecule has 1 N–H and O–H groups in total. The van der Waals surface area contributed by atoms with Gasteiger partial charge in [0.2, 0.25) is 0 Å². The van der Waals surface area contributed by atoms with Gasteiger partial charge < -0.3 is 4.74 Å². The van der Waals surface area contributed by atoms with Gasteiger partial charge in [0.1, 0.15) is 23.7 Å². The number of urea groups is 1. The molecule has 0 spiro atoms. The van der Waals surface area contributed by atoms with E-state index < -0.39 is 23.7 Å². The van der Waals surface area contributed by atoms with Crippen molar-refractivity contribution in [2.45, 2.75) is 6.61 Å². The van der Waals surface area contributed by atoms with Crippen LogP contribution in [0.15, 0.2) is 78.4 Å². The predicted molar refractivity (Wildman–Crippen MR) is 118 cm³/mol. The number of nitrogens with zero attached hydrogens (tertiary/aromatic N) is 1. The molecular formula is C24H16ClFN2O4. The molecule has 1 aliphatic heterocycles. The summed E-state index contributed by atoms with van der Waals surface area (Å²) in [5.74, 6) is -1.69. The van der Waals surface area contributed by atoms with Gasteiger partial charge in [0, 0.05) is 16.1 Å². The lowest BCUT2D eigenvalue weighted by molar-refractivity contribution is -0.122. The number of imide groups is 2. The first kappa shape index (κ1) is 21.3. The van der Waals surface area contributed by atoms with Crippen molar-refractivity contribution in [3.8, 4) is 5.75 Å². The first-order valence-corrected chi connectivity index (χ1v) is 9.94. The number of halogens is 2. The minimum Gasteiger partial charge on any atom is -0.488 e. The smallest absolute Gasteiger partial charge is 0.335 e. The van der Waals surface area contributed by atoms with E-state index in [4.69, 9.17) is 16.3 Å². The van der Waals surface area contributed by atoms with Crippen LogP contribution in [0.2, 0.25) is 5.02 Å². The molecule has 160 valence electrons. The topological polar surface area (TPSA) is 75.7 Å². The second-order valence-corrected chi connectivity index (χ2v) is 7.29. The largest absolute Gasteiger partial charge is 0.488 e. The summed E-state index contributed by atoms with van der Waals surface area (Å²) < 4.78 is 19.6. The van der Waals surface area contributed by atoms with E-state index in [2.05, 4.69) is 5.32 Å². The van der Waals surface area contributed by atoms with Crippen molar-refractivity contribution >= 4 is 41.2 Å². The Labute approximate surface area is 187 Å². The molecular weight excluding hydrogens is 435 g/mol. The van der Waals surface area contributed by atoms with E-state index in [1.165, 1.54) is 24.3 Å². The van der Waals surface area contributed by atoms with Crippen molar-refractivity contribution in [1.29, 1.82) is 0 Å². The molecule has 0 aliphatic carbocycles. The Balaban J connectivity index is 1.65. The summed E-state index contributed by atoms with van der Waals surface area (Å²) in [6, 6.07) is 18.2. The number of hydrogen-bond acceptors (Lipinski definition) is 4. The fraction of sp³-hybridized carbons (Fsp3) is 0.0417. The van der Waals surface area contributed by atoms with Gasteiger partial charge in [-0.2, -0.15) is 0 Å². The van der Waals surface area contributed by atoms with E-state index >= 15 is 0 Å². The summed E-state index contributed by atoms with van der Waals surface area (Å²) in [7, 11) is 0. The molecule has 1 aliphatic rings. The summed E-state index contributed by atoms with van der Waals surface area (Å²) in [6.07, 6.45) is 1.33. The van der Waals surface area contributed by atoms with Crippen LogP contribution < -0.4 is 15.0 Å². The van der Waals surface area contributed by atoms with Crippen molar-refractivity contribution in [2.24, 2.45) is 0 Å². The first-order valence-electron chi connectivity index (χ1n) is 9.56. The van der Waals surface area contributed by atoms with Gasteiger partial charge in [0.15, 0.2) is 0 Å². The lowest BCUT2D eigenvalue weighted by Gasteiger charge is -2.26. The zero-order valence-corrected chi connectivity index (χ0v) is 17.3. The summed E-state index contributed by atoms with van der Waals surface area (Å²) in [5.41, 5.74) is 0.746. The average molecular weight is 451 g/mol. The minimum atomic E-state index is -0.872. The molecule has 0 aromatic heterocycles. The predicted octanol–water partition coefficient (Wildman–Crippen LogP) is 4.72. The van der Waals surface area contributed by atoms with Crippen LogP contribution in [-0.4, -0.2) is 17.8 Å². The molecule has 8 heteroatoms. The van der Waals surface area contributed by atoms with E-state index in [1.54, 1.807) is 54.6 Å². The second kappa shape index (κ2) is 9.03. The Bertz CT molecular complexity index is 1260. The third kappa shape index (κ3) is 4.38. The lowest BCUT2D eigenvalue weighted by atomic mass is 10.1. The Morgan fingerprint density at radius 1 is 0.969 bits per heavy atom. The van der Waals surface area contributed by atoms with E-state index in [1.807, 2.05) is 0 Å². The molecule has 3 aromatic carbocycles. The summed E-state index contributed by atoms with van der Waals surface area (Å²) >= 11 is 5.98. The van der Waals surface area contributed by atoms with Crippen LogP contribution in [0.5, 0.6) is 5.75 Å². The number of carbonyl (C=O) groups is 3. The Morgan fingerprint density at radius 2 is 1.72 bits per heavy atom. The molecule has 1 fully saturated rings. The number of hydrogen-bond donors (Lipinski definition) is 1. The van der Waals surface area contributed by atoms with Crippen molar-refractivity contribution in [3.63, 3.8) is 0 Å². The molecule has 1 heterocycles. The summed E-state index contributed by atoms with van der Waals surface area (Å²) in [5, 5.41) is 2.49. The number of anilines is 1. The highest BCUT2D eigenvalue weighted by Crippen LogP contribution is 2.27. The van der Waals surface area contributed by atoms with E-state index in [0.717, 1.165) is 4.90 Å². The Kier molecular flexibility index (Phi) is 6.00. The van der Waals surface area contributed by atoms with Crippen LogP contribution in [0.1, 0.15) is 11.1 Å². The Morgan fingerprint density at radius 3 is 2.50 bits per heavy atom. The normalized spacial score (nSPS) is 15.1. The fourth-order valence-electron chi connectivity index (χ4n) is 3.16. The first-order chi connectivity index (χ1) is 15.4. The number of ether oxygens (including phenoxy) is 1. The van der Waals surface area contributed by atoms with Crippen molar-refractivity contribution in [1.82, 2.24) is 5.32 Å². The van der Waals surface area contributed by atoms with Gasteiger partial charge in [-0.05, 0) is 36.4 Å². The molecule has 0 radical (unpaired) electrons. The van der Waals surface area contributed by atoms with Crippen molar-refractivity contribution in [3.05, 3.63) is 100 Å². The maximum atomic E-state index is 13.9. The number of nitrogens with one attached hydrogen (secondary N) is 1. The van der Waals surface area contributed by atoms with Crippen LogP contribution in [0.3, 0.4) is 0 Å². The van der Waals surface area contributed by atoms with Gasteiger partial charge in [-0.3, -0.25) is 14.9 Å². The van der Waals surface area contributed by atoms with E-state index in [0.29, 0.717) is 21.9 Å². The number of barbiturate groups is 1. The van der Waals surface area contributed by atoms with Gasteiger partial charge >= 0.3 is 6.03 Å². The van der Waals surface area contributed by atoms with Crippen molar-refractivity contribution in [2.75, 3.05) is 4.90 Å². The lowest BCUT2D eigenvalue weighted by Crippen LogP contribution is -2.54. The highest BCUT2D eigenvalue weighted by molar-refractivity contribution is 6.39. The highest BCUT2D eigenvalue weighted by atomic mass is 35.5. The molecule has 3 aromatic rings. The van der Waals surface area contributed by atoms with Gasteiger partial charge in [-0.15, -0.1) is 0 Å². The van der Waals surface area contributed by atoms with Gasteiger partial charge in [0.25, 0.3) is 11.8 Å². The minimum absolute atomic E-state index is 0.0415. The fourth-order valence-corrected chi connectivity index (χ4v) is 3.35. The summed E-state index contributed by atoms with van der Waals surface area (Å²) in [4.78, 5) is 38.6. The maximum Gasteiger partial charge on any atom is 0.335 e. The quantitative estimate of drug-likeness (QED) is 0.450. The molecule has 1 saturated heterocycles.